The van der Waals surface area contributed by atoms with Crippen molar-refractivity contribution in [3.05, 3.63) is 77.9 Å². The van der Waals surface area contributed by atoms with E-state index < -0.39 is 0 Å². The van der Waals surface area contributed by atoms with E-state index in [9.17, 15) is 9.90 Å². The second kappa shape index (κ2) is 8.72. The molecule has 3 aromatic rings. The molecule has 0 fully saturated rings. The van der Waals surface area contributed by atoms with E-state index in [0.717, 1.165) is 34.7 Å². The van der Waals surface area contributed by atoms with Crippen LogP contribution in [0.2, 0.25) is 0 Å². The van der Waals surface area contributed by atoms with Gasteiger partial charge in [0.05, 0.1) is 5.92 Å². The van der Waals surface area contributed by atoms with Crippen LogP contribution in [0.25, 0.3) is 10.8 Å². The summed E-state index contributed by atoms with van der Waals surface area (Å²) in [5, 5.41) is 11.7. The van der Waals surface area contributed by atoms with Crippen LogP contribution in [0.1, 0.15) is 43.7 Å². The fraction of sp³-hybridized carbons (Fsp3) is 0.292. The molecule has 0 heterocycles. The van der Waals surface area contributed by atoms with Gasteiger partial charge in [0.15, 0.2) is 0 Å². The van der Waals surface area contributed by atoms with Gasteiger partial charge >= 0.3 is 5.97 Å². The number of hydrogen-bond acceptors (Lipinski definition) is 3. The van der Waals surface area contributed by atoms with Gasteiger partial charge in [-0.1, -0.05) is 68.4 Å². The predicted octanol–water partition coefficient (Wildman–Crippen LogP) is 5.81. The third-order valence-electron chi connectivity index (χ3n) is 5.18. The van der Waals surface area contributed by atoms with Crippen LogP contribution < -0.4 is 0 Å². The molecule has 0 aliphatic heterocycles. The number of hydrogen-bond donors (Lipinski definition) is 1. The van der Waals surface area contributed by atoms with E-state index in [2.05, 4.69) is 25.1 Å². The maximum atomic E-state index is 12.6. The largest absolute Gasteiger partial charge is 0.508 e. The van der Waals surface area contributed by atoms with E-state index in [1.807, 2.05) is 43.3 Å². The standard InChI is InChI=1S/C24H26O3/c1-3-18(15-17(2)19-11-13-22(25)14-12-19)24(26)27-16-21-9-6-8-20-7-4-5-10-23(20)21/h4-14,17-18,25H,3,15-16H2,1-2H3. The van der Waals surface area contributed by atoms with Gasteiger partial charge in [-0.05, 0) is 52.8 Å². The van der Waals surface area contributed by atoms with Gasteiger partial charge in [-0.2, -0.15) is 0 Å². The number of phenolic OH excluding ortho intramolecular Hbond substituents is 1. The lowest BCUT2D eigenvalue weighted by molar-refractivity contribution is -0.150. The van der Waals surface area contributed by atoms with E-state index in [0.29, 0.717) is 6.61 Å². The van der Waals surface area contributed by atoms with Crippen LogP contribution >= 0.6 is 0 Å². The highest BCUT2D eigenvalue weighted by atomic mass is 16.5. The lowest BCUT2D eigenvalue weighted by Crippen LogP contribution is -2.19. The van der Waals surface area contributed by atoms with E-state index >= 15 is 0 Å². The van der Waals surface area contributed by atoms with Crippen molar-refractivity contribution in [1.29, 1.82) is 0 Å². The van der Waals surface area contributed by atoms with Gasteiger partial charge < -0.3 is 9.84 Å². The van der Waals surface area contributed by atoms with E-state index in [1.165, 1.54) is 0 Å². The second-order valence-corrected chi connectivity index (χ2v) is 7.08. The third-order valence-corrected chi connectivity index (χ3v) is 5.18. The number of phenols is 1. The van der Waals surface area contributed by atoms with Crippen LogP contribution in [-0.4, -0.2) is 11.1 Å². The first kappa shape index (κ1) is 19.0. The molecular formula is C24H26O3. The summed E-state index contributed by atoms with van der Waals surface area (Å²) in [4.78, 5) is 12.6. The van der Waals surface area contributed by atoms with Crippen molar-refractivity contribution in [1.82, 2.24) is 0 Å². The molecule has 2 atom stereocenters. The second-order valence-electron chi connectivity index (χ2n) is 7.08. The number of fused-ring (bicyclic) bond motifs is 1. The molecule has 0 saturated heterocycles. The lowest BCUT2D eigenvalue weighted by atomic mass is 9.89. The highest BCUT2D eigenvalue weighted by molar-refractivity contribution is 5.85. The average molecular weight is 362 g/mol. The van der Waals surface area contributed by atoms with Crippen LogP contribution in [0, 0.1) is 5.92 Å². The van der Waals surface area contributed by atoms with E-state index in [4.69, 9.17) is 4.74 Å². The molecule has 0 amide bonds. The van der Waals surface area contributed by atoms with Crippen LogP contribution in [0.5, 0.6) is 5.75 Å². The Bertz CT molecular complexity index is 894. The van der Waals surface area contributed by atoms with Crippen molar-refractivity contribution in [3.8, 4) is 5.75 Å². The van der Waals surface area contributed by atoms with Crippen molar-refractivity contribution in [2.75, 3.05) is 0 Å². The summed E-state index contributed by atoms with van der Waals surface area (Å²) < 4.78 is 5.67. The minimum atomic E-state index is -0.143. The van der Waals surface area contributed by atoms with Gasteiger partial charge in [0.25, 0.3) is 0 Å². The molecule has 0 spiro atoms. The first-order chi connectivity index (χ1) is 13.1. The van der Waals surface area contributed by atoms with Crippen molar-refractivity contribution in [3.63, 3.8) is 0 Å². The molecule has 1 N–H and O–H groups in total. The first-order valence-electron chi connectivity index (χ1n) is 9.50. The van der Waals surface area contributed by atoms with Gasteiger partial charge in [-0.3, -0.25) is 4.79 Å². The average Bonchev–Trinajstić information content (AvgIpc) is 2.70. The zero-order valence-electron chi connectivity index (χ0n) is 15.9. The van der Waals surface area contributed by atoms with Crippen molar-refractivity contribution >= 4 is 16.7 Å². The van der Waals surface area contributed by atoms with Crippen LogP contribution in [0.3, 0.4) is 0 Å². The van der Waals surface area contributed by atoms with Gasteiger partial charge in [-0.15, -0.1) is 0 Å². The number of carbonyl (C=O) groups is 1. The van der Waals surface area contributed by atoms with Crippen molar-refractivity contribution < 1.29 is 14.6 Å². The molecule has 0 aromatic heterocycles. The smallest absolute Gasteiger partial charge is 0.309 e. The van der Waals surface area contributed by atoms with E-state index in [-0.39, 0.29) is 23.6 Å². The summed E-state index contributed by atoms with van der Waals surface area (Å²) in [6.07, 6.45) is 1.48. The first-order valence-corrected chi connectivity index (χ1v) is 9.50. The highest BCUT2D eigenvalue weighted by Crippen LogP contribution is 2.27. The summed E-state index contributed by atoms with van der Waals surface area (Å²) in [6.45, 7) is 4.42. The topological polar surface area (TPSA) is 46.5 Å². The SMILES string of the molecule is CCC(CC(C)c1ccc(O)cc1)C(=O)OCc1cccc2ccccc12. The maximum Gasteiger partial charge on any atom is 0.309 e. The summed E-state index contributed by atoms with van der Waals surface area (Å²) in [6, 6.07) is 21.4. The number of rotatable bonds is 7. The van der Waals surface area contributed by atoms with Crippen LogP contribution in [0.4, 0.5) is 0 Å². The molecule has 3 nitrogen and oxygen atoms in total. The number of carbonyl (C=O) groups excluding carboxylic acids is 1. The molecule has 140 valence electrons. The molecule has 0 saturated carbocycles. The molecule has 2 unspecified atom stereocenters. The third kappa shape index (κ3) is 4.68. The highest BCUT2D eigenvalue weighted by Gasteiger charge is 2.22. The van der Waals surface area contributed by atoms with Crippen molar-refractivity contribution in [2.24, 2.45) is 5.92 Å². The van der Waals surface area contributed by atoms with Crippen molar-refractivity contribution in [2.45, 2.75) is 39.2 Å². The molecule has 27 heavy (non-hydrogen) atoms. The normalized spacial score (nSPS) is 13.3. The molecule has 3 rings (SSSR count). The molecule has 0 aliphatic carbocycles. The summed E-state index contributed by atoms with van der Waals surface area (Å²) in [7, 11) is 0. The molecule has 3 aromatic carbocycles. The van der Waals surface area contributed by atoms with Gasteiger partial charge in [0.1, 0.15) is 12.4 Å². The molecule has 0 bridgehead atoms. The Morgan fingerprint density at radius 3 is 2.44 bits per heavy atom. The zero-order chi connectivity index (χ0) is 19.2. The molecule has 0 aliphatic rings. The molecule has 3 heteroatoms. The van der Waals surface area contributed by atoms with Crippen LogP contribution in [0.15, 0.2) is 66.7 Å². The Hall–Kier alpha value is -2.81. The van der Waals surface area contributed by atoms with Gasteiger partial charge in [0.2, 0.25) is 0 Å². The Balaban J connectivity index is 1.63. The van der Waals surface area contributed by atoms with Gasteiger partial charge in [0, 0.05) is 0 Å². The lowest BCUT2D eigenvalue weighted by Gasteiger charge is -2.19. The Morgan fingerprint density at radius 2 is 1.70 bits per heavy atom. The fourth-order valence-corrected chi connectivity index (χ4v) is 3.48. The summed E-state index contributed by atoms with van der Waals surface area (Å²) in [5.74, 6) is 0.202. The van der Waals surface area contributed by atoms with E-state index in [1.54, 1.807) is 12.1 Å². The fourth-order valence-electron chi connectivity index (χ4n) is 3.48. The minimum absolute atomic E-state index is 0.135. The zero-order valence-corrected chi connectivity index (χ0v) is 15.9. The number of benzene rings is 3. The Morgan fingerprint density at radius 1 is 1.00 bits per heavy atom. The summed E-state index contributed by atoms with van der Waals surface area (Å²) in [5.41, 5.74) is 2.15. The number of ether oxygens (including phenoxy) is 1. The Labute approximate surface area is 160 Å². The summed E-state index contributed by atoms with van der Waals surface area (Å²) >= 11 is 0. The molecular weight excluding hydrogens is 336 g/mol. The quantitative estimate of drug-likeness (QED) is 0.540. The monoisotopic (exact) mass is 362 g/mol. The molecule has 0 radical (unpaired) electrons. The minimum Gasteiger partial charge on any atom is -0.508 e. The number of aromatic hydroxyl groups is 1. The van der Waals surface area contributed by atoms with Gasteiger partial charge in [-0.25, -0.2) is 0 Å². The number of esters is 1. The Kier molecular flexibility index (Phi) is 6.12. The van der Waals surface area contributed by atoms with Crippen LogP contribution in [-0.2, 0) is 16.1 Å². The maximum absolute atomic E-state index is 12.6. The predicted molar refractivity (Wildman–Crippen MR) is 109 cm³/mol.